The molecule has 2 unspecified atom stereocenters. The van der Waals surface area contributed by atoms with Crippen molar-refractivity contribution in [3.05, 3.63) is 23.4 Å². The molecular formula is C14H25N5. The molecule has 2 rings (SSSR count). The molecule has 5 nitrogen and oxygen atoms in total. The van der Waals surface area contributed by atoms with Gasteiger partial charge in [0.1, 0.15) is 5.82 Å². The molecule has 5 heteroatoms. The Bertz CT molecular complexity index is 434. The summed E-state index contributed by atoms with van der Waals surface area (Å²) in [4.78, 5) is 8.91. The van der Waals surface area contributed by atoms with Crippen LogP contribution >= 0.6 is 0 Å². The zero-order valence-electron chi connectivity index (χ0n) is 12.1. The number of aromatic nitrogens is 1. The average Bonchev–Trinajstić information content (AvgIpc) is 2.53. The summed E-state index contributed by atoms with van der Waals surface area (Å²) in [5.74, 6) is 0.554. The first-order valence-corrected chi connectivity index (χ1v) is 6.85. The maximum atomic E-state index is 6.47. The van der Waals surface area contributed by atoms with Crippen molar-refractivity contribution in [3.8, 4) is 0 Å². The van der Waals surface area contributed by atoms with Gasteiger partial charge in [0.25, 0.3) is 0 Å². The van der Waals surface area contributed by atoms with Crippen LogP contribution in [0.15, 0.2) is 12.3 Å². The summed E-state index contributed by atoms with van der Waals surface area (Å²) in [6.45, 7) is 5.17. The SMILES string of the molecule is Cc1cnc(N)c(C(N)C2CN(C)CCCN2C)c1. The second kappa shape index (κ2) is 5.86. The second-order valence-corrected chi connectivity index (χ2v) is 5.68. The minimum atomic E-state index is -0.0991. The van der Waals surface area contributed by atoms with Gasteiger partial charge in [0.15, 0.2) is 0 Å². The van der Waals surface area contributed by atoms with Crippen LogP contribution < -0.4 is 11.5 Å². The fourth-order valence-corrected chi connectivity index (χ4v) is 2.77. The molecule has 1 aliphatic rings. The van der Waals surface area contributed by atoms with E-state index in [4.69, 9.17) is 11.5 Å². The summed E-state index contributed by atoms with van der Waals surface area (Å²) < 4.78 is 0. The van der Waals surface area contributed by atoms with Gasteiger partial charge in [0, 0.05) is 24.3 Å². The average molecular weight is 263 g/mol. The third-order valence-corrected chi connectivity index (χ3v) is 3.98. The molecular weight excluding hydrogens is 238 g/mol. The Morgan fingerprint density at radius 2 is 2.11 bits per heavy atom. The van der Waals surface area contributed by atoms with Crippen LogP contribution in [0.2, 0.25) is 0 Å². The van der Waals surface area contributed by atoms with Crippen LogP contribution in [0.3, 0.4) is 0 Å². The molecule has 1 aromatic heterocycles. The van der Waals surface area contributed by atoms with Gasteiger partial charge in [0.05, 0.1) is 6.04 Å². The van der Waals surface area contributed by atoms with Crippen LogP contribution in [-0.2, 0) is 0 Å². The summed E-state index contributed by atoms with van der Waals surface area (Å²) in [6, 6.07) is 2.24. The highest BCUT2D eigenvalue weighted by molar-refractivity contribution is 5.43. The first kappa shape index (κ1) is 14.2. The molecule has 0 spiro atoms. The third kappa shape index (κ3) is 3.23. The number of likely N-dealkylation sites (N-methyl/N-ethyl adjacent to an activating group) is 2. The van der Waals surface area contributed by atoms with E-state index in [2.05, 4.69) is 34.9 Å². The van der Waals surface area contributed by atoms with Crippen LogP contribution in [0.4, 0.5) is 5.82 Å². The van der Waals surface area contributed by atoms with Gasteiger partial charge in [-0.25, -0.2) is 4.98 Å². The van der Waals surface area contributed by atoms with Crippen molar-refractivity contribution in [2.75, 3.05) is 39.5 Å². The summed E-state index contributed by atoms with van der Waals surface area (Å²) in [5.41, 5.74) is 14.5. The zero-order valence-corrected chi connectivity index (χ0v) is 12.1. The van der Waals surface area contributed by atoms with E-state index in [1.165, 1.54) is 6.42 Å². The molecule has 2 heterocycles. The predicted octanol–water partition coefficient (Wildman–Crippen LogP) is 0.608. The zero-order chi connectivity index (χ0) is 14.0. The molecule has 2 atom stereocenters. The Morgan fingerprint density at radius 1 is 1.37 bits per heavy atom. The highest BCUT2D eigenvalue weighted by atomic mass is 15.2. The predicted molar refractivity (Wildman–Crippen MR) is 78.8 cm³/mol. The fourth-order valence-electron chi connectivity index (χ4n) is 2.77. The van der Waals surface area contributed by atoms with E-state index in [-0.39, 0.29) is 12.1 Å². The van der Waals surface area contributed by atoms with Gasteiger partial charge in [-0.3, -0.25) is 0 Å². The number of pyridine rings is 1. The molecule has 0 amide bonds. The van der Waals surface area contributed by atoms with Crippen molar-refractivity contribution in [3.63, 3.8) is 0 Å². The fraction of sp³-hybridized carbons (Fsp3) is 0.643. The van der Waals surface area contributed by atoms with E-state index in [0.717, 1.165) is 30.8 Å². The van der Waals surface area contributed by atoms with Crippen LogP contribution in [0.25, 0.3) is 0 Å². The van der Waals surface area contributed by atoms with Gasteiger partial charge in [-0.2, -0.15) is 0 Å². The summed E-state index contributed by atoms with van der Waals surface area (Å²) in [7, 11) is 4.29. The Kier molecular flexibility index (Phi) is 4.39. The largest absolute Gasteiger partial charge is 0.383 e. The molecule has 0 radical (unpaired) electrons. The number of nitrogen functional groups attached to an aromatic ring is 1. The molecule has 106 valence electrons. The number of anilines is 1. The topological polar surface area (TPSA) is 71.4 Å². The number of rotatable bonds is 2. The lowest BCUT2D eigenvalue weighted by Crippen LogP contribution is -2.45. The van der Waals surface area contributed by atoms with Crippen LogP contribution in [0.5, 0.6) is 0 Å². The van der Waals surface area contributed by atoms with E-state index in [1.807, 2.05) is 6.92 Å². The first-order chi connectivity index (χ1) is 8.99. The standard InChI is InChI=1S/C14H25N5/c1-10-7-11(14(16)17-8-10)13(15)12-9-18(2)5-4-6-19(12)3/h7-8,12-13H,4-6,9,15H2,1-3H3,(H2,16,17). The van der Waals surface area contributed by atoms with Crippen LogP contribution in [-0.4, -0.2) is 54.6 Å². The summed E-state index contributed by atoms with van der Waals surface area (Å²) in [6.07, 6.45) is 2.96. The van der Waals surface area contributed by atoms with Crippen LogP contribution in [0.1, 0.15) is 23.6 Å². The molecule has 1 aromatic rings. The molecule has 0 bridgehead atoms. The summed E-state index contributed by atoms with van der Waals surface area (Å²) in [5, 5.41) is 0. The van der Waals surface area contributed by atoms with E-state index in [1.54, 1.807) is 6.20 Å². The highest BCUT2D eigenvalue weighted by Crippen LogP contribution is 2.24. The van der Waals surface area contributed by atoms with E-state index < -0.39 is 0 Å². The molecule has 1 fully saturated rings. The van der Waals surface area contributed by atoms with Crippen molar-refractivity contribution in [1.29, 1.82) is 0 Å². The van der Waals surface area contributed by atoms with Crippen molar-refractivity contribution in [1.82, 2.24) is 14.8 Å². The Morgan fingerprint density at radius 3 is 2.84 bits per heavy atom. The van der Waals surface area contributed by atoms with Crippen molar-refractivity contribution >= 4 is 5.82 Å². The van der Waals surface area contributed by atoms with E-state index >= 15 is 0 Å². The van der Waals surface area contributed by atoms with Crippen LogP contribution in [0, 0.1) is 6.92 Å². The van der Waals surface area contributed by atoms with E-state index in [9.17, 15) is 0 Å². The van der Waals surface area contributed by atoms with Gasteiger partial charge in [-0.05, 0) is 52.2 Å². The third-order valence-electron chi connectivity index (χ3n) is 3.98. The Balaban J connectivity index is 2.25. The molecule has 0 aliphatic carbocycles. The number of nitrogens with zero attached hydrogens (tertiary/aromatic N) is 3. The lowest BCUT2D eigenvalue weighted by atomic mass is 9.98. The molecule has 19 heavy (non-hydrogen) atoms. The Hall–Kier alpha value is -1.17. The first-order valence-electron chi connectivity index (χ1n) is 6.85. The minimum Gasteiger partial charge on any atom is -0.383 e. The Labute approximate surface area is 115 Å². The summed E-state index contributed by atoms with van der Waals surface area (Å²) >= 11 is 0. The van der Waals surface area contributed by atoms with Gasteiger partial charge in [-0.15, -0.1) is 0 Å². The molecule has 0 saturated carbocycles. The van der Waals surface area contributed by atoms with E-state index in [0.29, 0.717) is 5.82 Å². The lowest BCUT2D eigenvalue weighted by Gasteiger charge is -2.33. The quantitative estimate of drug-likeness (QED) is 0.818. The van der Waals surface area contributed by atoms with Crippen molar-refractivity contribution in [2.24, 2.45) is 5.73 Å². The number of hydrogen-bond acceptors (Lipinski definition) is 5. The molecule has 1 saturated heterocycles. The lowest BCUT2D eigenvalue weighted by molar-refractivity contribution is 0.196. The second-order valence-electron chi connectivity index (χ2n) is 5.68. The van der Waals surface area contributed by atoms with Gasteiger partial charge < -0.3 is 21.3 Å². The molecule has 0 aromatic carbocycles. The minimum absolute atomic E-state index is 0.0991. The normalized spacial score (nSPS) is 24.1. The highest BCUT2D eigenvalue weighted by Gasteiger charge is 2.28. The number of hydrogen-bond donors (Lipinski definition) is 2. The van der Waals surface area contributed by atoms with Crippen molar-refractivity contribution < 1.29 is 0 Å². The monoisotopic (exact) mass is 263 g/mol. The maximum Gasteiger partial charge on any atom is 0.128 e. The number of aryl methyl sites for hydroxylation is 1. The number of nitrogens with two attached hydrogens (primary N) is 2. The van der Waals surface area contributed by atoms with Gasteiger partial charge >= 0.3 is 0 Å². The molecule has 1 aliphatic heterocycles. The maximum absolute atomic E-state index is 6.47. The van der Waals surface area contributed by atoms with Crippen molar-refractivity contribution in [2.45, 2.75) is 25.4 Å². The van der Waals surface area contributed by atoms with Gasteiger partial charge in [0.2, 0.25) is 0 Å². The smallest absolute Gasteiger partial charge is 0.128 e. The van der Waals surface area contributed by atoms with Gasteiger partial charge in [-0.1, -0.05) is 0 Å². The molecule has 4 N–H and O–H groups in total.